The monoisotopic (exact) mass is 453 g/mol. The number of nitrogens with zero attached hydrogens (tertiary/aromatic N) is 1. The highest BCUT2D eigenvalue weighted by Crippen LogP contribution is 2.25. The van der Waals surface area contributed by atoms with Gasteiger partial charge in [0.05, 0.1) is 0 Å². The summed E-state index contributed by atoms with van der Waals surface area (Å²) in [6.45, 7) is 9.22. The topological polar surface area (TPSA) is 49.4 Å². The van der Waals surface area contributed by atoms with E-state index in [0.29, 0.717) is 11.5 Å². The molecule has 3 aromatic carbocycles. The van der Waals surface area contributed by atoms with Crippen molar-refractivity contribution in [2.45, 2.75) is 26.7 Å². The van der Waals surface area contributed by atoms with E-state index in [9.17, 15) is 9.59 Å². The van der Waals surface area contributed by atoms with Gasteiger partial charge in [0.25, 0.3) is 5.91 Å². The Hall–Kier alpha value is -3.84. The lowest BCUT2D eigenvalue weighted by atomic mass is 9.98. The SMILES string of the molecule is C#CC1CCN(C(C)=O)CC1.[CH2]c1cccc(NC(=O)c2ccccc2-c2ccc(C)cc2)c1.[HH]. The maximum atomic E-state index is 12.7. The summed E-state index contributed by atoms with van der Waals surface area (Å²) in [5.41, 5.74) is 5.44. The summed E-state index contributed by atoms with van der Waals surface area (Å²) in [6.07, 6.45) is 7.21. The molecule has 3 aromatic rings. The molecule has 0 aliphatic carbocycles. The molecule has 4 heteroatoms. The Kier molecular flexibility index (Phi) is 8.65. The fraction of sp³-hybridized carbons (Fsp3) is 0.233. The Balaban J connectivity index is 0.000000305. The molecule has 0 atom stereocenters. The van der Waals surface area contributed by atoms with E-state index in [1.165, 1.54) is 5.56 Å². The number of hydrogen-bond donors (Lipinski definition) is 1. The van der Waals surface area contributed by atoms with Crippen molar-refractivity contribution in [3.63, 3.8) is 0 Å². The molecule has 0 unspecified atom stereocenters. The summed E-state index contributed by atoms with van der Waals surface area (Å²) < 4.78 is 0. The Morgan fingerprint density at radius 1 is 1.03 bits per heavy atom. The van der Waals surface area contributed by atoms with Crippen molar-refractivity contribution in [1.29, 1.82) is 0 Å². The van der Waals surface area contributed by atoms with E-state index in [1.807, 2.05) is 72.5 Å². The standard InChI is InChI=1S/C21H18NO.C9H13NO.H2/c1-15-10-12-17(13-11-15)19-8-3-4-9-20(19)21(23)22-18-7-5-6-16(2)14-18;1-3-9-4-6-10(7-5-9)8(2)11;/h3-14H,2H2,1H3,(H,22,23);1,9H,4-7H2,2H3;1H. The predicted molar refractivity (Wildman–Crippen MR) is 141 cm³/mol. The van der Waals surface area contributed by atoms with Gasteiger partial charge in [0.2, 0.25) is 5.91 Å². The Bertz CT molecular complexity index is 1170. The van der Waals surface area contributed by atoms with Gasteiger partial charge in [0, 0.05) is 38.6 Å². The van der Waals surface area contributed by atoms with Crippen LogP contribution in [0.1, 0.15) is 42.7 Å². The summed E-state index contributed by atoms with van der Waals surface area (Å²) in [4.78, 5) is 25.4. The number of carbonyl (C=O) groups excluding carboxylic acids is 2. The van der Waals surface area contributed by atoms with Crippen LogP contribution in [0, 0.1) is 32.1 Å². The smallest absolute Gasteiger partial charge is 0.256 e. The van der Waals surface area contributed by atoms with E-state index < -0.39 is 0 Å². The first kappa shape index (κ1) is 24.8. The number of rotatable bonds is 3. The van der Waals surface area contributed by atoms with E-state index in [-0.39, 0.29) is 13.2 Å². The van der Waals surface area contributed by atoms with Gasteiger partial charge in [-0.25, -0.2) is 0 Å². The normalized spacial score (nSPS) is 13.3. The Morgan fingerprint density at radius 2 is 1.71 bits per heavy atom. The molecule has 1 fully saturated rings. The second-order valence-electron chi connectivity index (χ2n) is 8.51. The van der Waals surface area contributed by atoms with Gasteiger partial charge in [0.15, 0.2) is 0 Å². The molecule has 1 N–H and O–H groups in total. The first-order valence-corrected chi connectivity index (χ1v) is 11.5. The molecule has 4 nitrogen and oxygen atoms in total. The number of anilines is 1. The minimum atomic E-state index is -0.119. The van der Waals surface area contributed by atoms with E-state index in [4.69, 9.17) is 6.42 Å². The third-order valence-corrected chi connectivity index (χ3v) is 5.90. The van der Waals surface area contributed by atoms with E-state index in [0.717, 1.165) is 48.3 Å². The zero-order valence-corrected chi connectivity index (χ0v) is 19.9. The van der Waals surface area contributed by atoms with Crippen LogP contribution in [0.4, 0.5) is 5.69 Å². The van der Waals surface area contributed by atoms with Gasteiger partial charge in [-0.15, -0.1) is 12.3 Å². The highest BCUT2D eigenvalue weighted by molar-refractivity contribution is 6.08. The summed E-state index contributed by atoms with van der Waals surface area (Å²) in [5.74, 6) is 3.17. The van der Waals surface area contributed by atoms with Gasteiger partial charge < -0.3 is 10.2 Å². The quantitative estimate of drug-likeness (QED) is 0.479. The van der Waals surface area contributed by atoms with E-state index in [1.54, 1.807) is 6.92 Å². The third-order valence-electron chi connectivity index (χ3n) is 5.90. The van der Waals surface area contributed by atoms with Crippen molar-refractivity contribution >= 4 is 17.5 Å². The molecule has 4 rings (SSSR count). The average molecular weight is 454 g/mol. The van der Waals surface area contributed by atoms with Gasteiger partial charge in [-0.1, -0.05) is 60.2 Å². The second kappa shape index (κ2) is 11.9. The zero-order valence-electron chi connectivity index (χ0n) is 19.9. The first-order chi connectivity index (χ1) is 16.4. The van der Waals surface area contributed by atoms with Gasteiger partial charge in [0.1, 0.15) is 0 Å². The van der Waals surface area contributed by atoms with Crippen LogP contribution < -0.4 is 5.32 Å². The minimum absolute atomic E-state index is 0. The van der Waals surface area contributed by atoms with Crippen LogP contribution in [-0.2, 0) is 4.79 Å². The summed E-state index contributed by atoms with van der Waals surface area (Å²) in [5, 5.41) is 2.94. The van der Waals surface area contributed by atoms with Crippen molar-refractivity contribution in [1.82, 2.24) is 4.90 Å². The van der Waals surface area contributed by atoms with Crippen LogP contribution in [0.3, 0.4) is 0 Å². The number of piperidine rings is 1. The Labute approximate surface area is 204 Å². The number of aryl methyl sites for hydroxylation is 1. The second-order valence-corrected chi connectivity index (χ2v) is 8.51. The van der Waals surface area contributed by atoms with E-state index in [2.05, 4.69) is 30.3 Å². The third kappa shape index (κ3) is 6.83. The fourth-order valence-corrected chi connectivity index (χ4v) is 3.87. The molecular weight excluding hydrogens is 420 g/mol. The predicted octanol–water partition coefficient (Wildman–Crippen LogP) is 6.22. The number of hydrogen-bond acceptors (Lipinski definition) is 2. The lowest BCUT2D eigenvalue weighted by molar-refractivity contribution is -0.129. The van der Waals surface area contributed by atoms with Gasteiger partial charge in [-0.05, 0) is 61.6 Å². The molecule has 1 aliphatic rings. The molecule has 0 aromatic heterocycles. The molecule has 1 saturated heterocycles. The number of likely N-dealkylation sites (tertiary alicyclic amines) is 1. The molecule has 175 valence electrons. The molecule has 0 spiro atoms. The molecule has 2 amide bonds. The molecule has 34 heavy (non-hydrogen) atoms. The maximum Gasteiger partial charge on any atom is 0.256 e. The van der Waals surface area contributed by atoms with Gasteiger partial charge in [-0.2, -0.15) is 0 Å². The lowest BCUT2D eigenvalue weighted by Crippen LogP contribution is -2.36. The zero-order chi connectivity index (χ0) is 24.5. The van der Waals surface area contributed by atoms with Crippen LogP contribution in [0.5, 0.6) is 0 Å². The van der Waals surface area contributed by atoms with Crippen LogP contribution in [0.15, 0.2) is 72.8 Å². The minimum Gasteiger partial charge on any atom is -0.343 e. The van der Waals surface area contributed by atoms with Crippen molar-refractivity contribution < 1.29 is 11.0 Å². The number of nitrogens with one attached hydrogen (secondary N) is 1. The summed E-state index contributed by atoms with van der Waals surface area (Å²) in [6, 6.07) is 23.3. The molecule has 0 saturated carbocycles. The van der Waals surface area contributed by atoms with Gasteiger partial charge in [-0.3, -0.25) is 9.59 Å². The molecule has 0 bridgehead atoms. The highest BCUT2D eigenvalue weighted by atomic mass is 16.2. The van der Waals surface area contributed by atoms with E-state index >= 15 is 0 Å². The molecule has 1 aliphatic heterocycles. The van der Waals surface area contributed by atoms with Crippen LogP contribution in [0.2, 0.25) is 0 Å². The number of carbonyl (C=O) groups is 2. The molecular formula is C30H33N2O2. The van der Waals surface area contributed by atoms with Crippen molar-refractivity contribution in [3.8, 4) is 23.5 Å². The maximum absolute atomic E-state index is 12.7. The molecule has 1 radical (unpaired) electrons. The van der Waals surface area contributed by atoms with Crippen LogP contribution in [-0.4, -0.2) is 29.8 Å². The summed E-state index contributed by atoms with van der Waals surface area (Å²) in [7, 11) is 0. The fourth-order valence-electron chi connectivity index (χ4n) is 3.87. The largest absolute Gasteiger partial charge is 0.343 e. The van der Waals surface area contributed by atoms with Crippen molar-refractivity contribution in [2.24, 2.45) is 5.92 Å². The first-order valence-electron chi connectivity index (χ1n) is 11.5. The summed E-state index contributed by atoms with van der Waals surface area (Å²) >= 11 is 0. The Morgan fingerprint density at radius 3 is 2.32 bits per heavy atom. The van der Waals surface area contributed by atoms with Crippen molar-refractivity contribution in [3.05, 3.63) is 96.4 Å². The lowest BCUT2D eigenvalue weighted by Gasteiger charge is -2.28. The van der Waals surface area contributed by atoms with Crippen LogP contribution in [0.25, 0.3) is 11.1 Å². The average Bonchev–Trinajstić information content (AvgIpc) is 2.85. The van der Waals surface area contributed by atoms with Crippen molar-refractivity contribution in [2.75, 3.05) is 18.4 Å². The number of amides is 2. The van der Waals surface area contributed by atoms with Crippen LogP contribution >= 0.6 is 0 Å². The molecule has 1 heterocycles. The number of benzene rings is 3. The van der Waals surface area contributed by atoms with Gasteiger partial charge >= 0.3 is 0 Å². The number of terminal acetylenes is 1. The highest BCUT2D eigenvalue weighted by Gasteiger charge is 2.18.